The van der Waals surface area contributed by atoms with Gasteiger partial charge in [-0.05, 0) is 26.2 Å². The predicted molar refractivity (Wildman–Crippen MR) is 228 cm³/mol. The first kappa shape index (κ1) is 53.9. The molecule has 8 unspecified atom stereocenters. The second-order valence-electron chi connectivity index (χ2n) is 16.7. The lowest BCUT2D eigenvalue weighted by Crippen LogP contribution is -2.59. The molecule has 2 saturated heterocycles. The van der Waals surface area contributed by atoms with Crippen molar-refractivity contribution in [1.29, 1.82) is 0 Å². The topological polar surface area (TPSA) is 320 Å². The molecule has 356 valence electrons. The molecule has 0 aromatic heterocycles. The average Bonchev–Trinajstić information content (AvgIpc) is 3.18. The van der Waals surface area contributed by atoms with Crippen LogP contribution >= 0.6 is 0 Å². The number of ether oxygens (including phenoxy) is 4. The summed E-state index contributed by atoms with van der Waals surface area (Å²) in [4.78, 5) is 24.9. The Balaban J connectivity index is 1.83. The summed E-state index contributed by atoms with van der Waals surface area (Å²) in [6.07, 6.45) is 4.64. The fourth-order valence-corrected chi connectivity index (χ4v) is 7.49. The molecule has 0 saturated carbocycles. The average molecular weight is 896 g/mol. The van der Waals surface area contributed by atoms with Crippen molar-refractivity contribution in [3.63, 3.8) is 0 Å². The highest BCUT2D eigenvalue weighted by atomic mass is 16.7. The summed E-state index contributed by atoms with van der Waals surface area (Å²) in [7, 11) is 0. The van der Waals surface area contributed by atoms with E-state index >= 15 is 0 Å². The maximum Gasteiger partial charge on any atom is 0.311 e. The molecule has 2 fully saturated rings. The molecule has 0 amide bonds. The lowest BCUT2D eigenvalue weighted by atomic mass is 9.82. The second-order valence-corrected chi connectivity index (χ2v) is 16.7. The van der Waals surface area contributed by atoms with E-state index in [1.165, 1.54) is 6.08 Å². The number of aliphatic hydroxyl groups excluding tert-OH is 9. The van der Waals surface area contributed by atoms with Crippen LogP contribution in [0.5, 0.6) is 0 Å². The number of allylic oxidation sites excluding steroid dienone is 12. The van der Waals surface area contributed by atoms with E-state index in [2.05, 4.69) is 0 Å². The molecule has 18 heteroatoms. The molecule has 13 N–H and O–H groups in total. The monoisotopic (exact) mass is 895 g/mol. The summed E-state index contributed by atoms with van der Waals surface area (Å²) < 4.78 is 22.7. The number of carbonyl (C=O) groups is 2. The van der Waals surface area contributed by atoms with Gasteiger partial charge in [-0.1, -0.05) is 92.0 Å². The molecule has 0 spiro atoms. The molecule has 2 bridgehead atoms. The van der Waals surface area contributed by atoms with Gasteiger partial charge in [0.2, 0.25) is 0 Å². The van der Waals surface area contributed by atoms with Crippen LogP contribution in [0.1, 0.15) is 71.6 Å². The molecule has 0 radical (unpaired) electrons. The Hall–Kier alpha value is -3.44. The van der Waals surface area contributed by atoms with Crippen molar-refractivity contribution in [2.24, 2.45) is 17.6 Å². The zero-order valence-corrected chi connectivity index (χ0v) is 35.8. The first-order valence-electron chi connectivity index (χ1n) is 21.4. The molecule has 0 aromatic carbocycles. The van der Waals surface area contributed by atoms with Crippen molar-refractivity contribution >= 4 is 11.9 Å². The molecule has 3 aliphatic heterocycles. The van der Waals surface area contributed by atoms with Gasteiger partial charge in [0.05, 0.1) is 80.1 Å². The van der Waals surface area contributed by atoms with Crippen LogP contribution in [0.3, 0.4) is 0 Å². The minimum absolute atomic E-state index is 0.103. The number of rotatable bonds is 3. The summed E-state index contributed by atoms with van der Waals surface area (Å²) in [5, 5.41) is 117. The number of carboxylic acids is 1. The summed E-state index contributed by atoms with van der Waals surface area (Å²) in [5.74, 6) is -6.33. The zero-order valence-electron chi connectivity index (χ0n) is 35.8. The Morgan fingerprint density at radius 3 is 1.87 bits per heavy atom. The minimum atomic E-state index is -2.32. The van der Waals surface area contributed by atoms with Gasteiger partial charge in [0, 0.05) is 38.0 Å². The zero-order chi connectivity index (χ0) is 46.7. The van der Waals surface area contributed by atoms with Gasteiger partial charge < -0.3 is 80.9 Å². The largest absolute Gasteiger partial charge is 0.481 e. The molecule has 18 nitrogen and oxygen atoms in total. The number of carbonyl (C=O) groups excluding carboxylic acids is 1. The summed E-state index contributed by atoms with van der Waals surface area (Å²) >= 11 is 0. The number of hydrogen-bond donors (Lipinski definition) is 12. The minimum Gasteiger partial charge on any atom is -0.481 e. The lowest BCUT2D eigenvalue weighted by Gasteiger charge is -2.45. The van der Waals surface area contributed by atoms with Crippen LogP contribution in [0.25, 0.3) is 0 Å². The fourth-order valence-electron chi connectivity index (χ4n) is 7.49. The van der Waals surface area contributed by atoms with Crippen LogP contribution in [0, 0.1) is 11.8 Å². The quantitative estimate of drug-likeness (QED) is 0.167. The van der Waals surface area contributed by atoms with Gasteiger partial charge in [0.15, 0.2) is 12.1 Å². The van der Waals surface area contributed by atoms with E-state index in [0.717, 1.165) is 0 Å². The predicted octanol–water partition coefficient (Wildman–Crippen LogP) is 0.0772. The number of cyclic esters (lactones) is 1. The van der Waals surface area contributed by atoms with Gasteiger partial charge in [-0.3, -0.25) is 9.59 Å². The number of fused-ring (bicyclic) bond motifs is 2. The number of aliphatic carboxylic acids is 1. The van der Waals surface area contributed by atoms with Crippen LogP contribution in [0.15, 0.2) is 85.1 Å². The molecular weight excluding hydrogens is 826 g/mol. The Bertz CT molecular complexity index is 1600. The third kappa shape index (κ3) is 19.3. The standard InChI is InChI=1S/C45H69NO17/c1-27-15-13-11-9-7-5-3-4-6-8-10-12-14-16-32(62-44-42(56)41(46)37(54)26-60-44)23-38-40(43(57)58)36(53)25-45(59,63-38)24-31(49)21-35(52)33(50)18-17-29(47)20-30(48)22-39(55)61-28(2)19-34(27)51/h3-16,27-38,40-42,44,47-54,56,59H,17-26,46H2,1-2H3,(H,57,58)/b4-3+,7-5+,8-6+,11-9+,12-10+,15-13+,16-14+/t27-,28-,29?,30?,31?,32?,33?,34-,35?,36-,37+,38-,40?,41-,42+,44-,45?/m0/s1. The van der Waals surface area contributed by atoms with Crippen LogP contribution in [0.2, 0.25) is 0 Å². The molecule has 0 aromatic rings. The SMILES string of the molecule is C[C@H]1C[C@H](O)[C@@H](C)/C=C/C=C/C=C/C=C/C=C/C=C/C=C/C(O[C@@H]2OC[C@@H](O)[C@H](N)[C@H]2O)C[C@@H]2OC(O)(CC(O)CC(O)C(O)CCC(O)CC(O)CC(=O)O1)C[C@H](O)C2C(=O)O. The van der Waals surface area contributed by atoms with E-state index in [9.17, 15) is 65.8 Å². The van der Waals surface area contributed by atoms with Crippen molar-refractivity contribution in [2.45, 2.75) is 163 Å². The molecule has 3 rings (SSSR count). The van der Waals surface area contributed by atoms with Gasteiger partial charge in [0.1, 0.15) is 18.1 Å². The maximum absolute atomic E-state index is 12.5. The van der Waals surface area contributed by atoms with Gasteiger partial charge in [-0.15, -0.1) is 0 Å². The Kier molecular flexibility index (Phi) is 23.2. The smallest absolute Gasteiger partial charge is 0.311 e. The highest BCUT2D eigenvalue weighted by Gasteiger charge is 2.50. The maximum atomic E-state index is 12.5. The van der Waals surface area contributed by atoms with Crippen LogP contribution in [-0.4, -0.2) is 166 Å². The lowest BCUT2D eigenvalue weighted by molar-refractivity contribution is -0.305. The molecular formula is C45H69NO17. The Morgan fingerprint density at radius 1 is 0.683 bits per heavy atom. The number of esters is 1. The van der Waals surface area contributed by atoms with E-state index < -0.39 is 135 Å². The third-order valence-corrected chi connectivity index (χ3v) is 11.1. The highest BCUT2D eigenvalue weighted by Crippen LogP contribution is 2.38. The third-order valence-electron chi connectivity index (χ3n) is 11.1. The highest BCUT2D eigenvalue weighted by molar-refractivity contribution is 5.71. The van der Waals surface area contributed by atoms with Crippen molar-refractivity contribution in [3.05, 3.63) is 85.1 Å². The first-order valence-corrected chi connectivity index (χ1v) is 21.4. The van der Waals surface area contributed by atoms with Crippen molar-refractivity contribution in [2.75, 3.05) is 6.61 Å². The van der Waals surface area contributed by atoms with Gasteiger partial charge >= 0.3 is 11.9 Å². The van der Waals surface area contributed by atoms with Gasteiger partial charge in [-0.2, -0.15) is 0 Å². The summed E-state index contributed by atoms with van der Waals surface area (Å²) in [5.41, 5.74) is 5.92. The second kappa shape index (κ2) is 27.1. The van der Waals surface area contributed by atoms with Crippen molar-refractivity contribution in [3.8, 4) is 0 Å². The van der Waals surface area contributed by atoms with E-state index in [-0.39, 0.29) is 44.6 Å². The molecule has 17 atom stereocenters. The molecule has 0 aliphatic carbocycles. The van der Waals surface area contributed by atoms with Crippen molar-refractivity contribution < 1.29 is 84.7 Å². The fraction of sp³-hybridized carbons (Fsp3) is 0.644. The summed E-state index contributed by atoms with van der Waals surface area (Å²) in [6.45, 7) is 3.18. The Morgan fingerprint density at radius 2 is 1.27 bits per heavy atom. The van der Waals surface area contributed by atoms with E-state index in [1.807, 2.05) is 13.0 Å². The van der Waals surface area contributed by atoms with Gasteiger partial charge in [0.25, 0.3) is 0 Å². The molecule has 3 heterocycles. The van der Waals surface area contributed by atoms with Gasteiger partial charge in [-0.25, -0.2) is 0 Å². The number of aliphatic hydroxyl groups is 10. The number of nitrogens with two attached hydrogens (primary N) is 1. The first-order chi connectivity index (χ1) is 29.8. The van der Waals surface area contributed by atoms with E-state index in [0.29, 0.717) is 0 Å². The molecule has 63 heavy (non-hydrogen) atoms. The number of carboxylic acid groups (broad SMARTS) is 1. The Labute approximate surface area is 368 Å². The summed E-state index contributed by atoms with van der Waals surface area (Å²) in [6, 6.07) is -1.12. The van der Waals surface area contributed by atoms with Crippen LogP contribution < -0.4 is 5.73 Å². The van der Waals surface area contributed by atoms with Crippen LogP contribution in [-0.2, 0) is 28.5 Å². The van der Waals surface area contributed by atoms with Crippen molar-refractivity contribution in [1.82, 2.24) is 0 Å². The molecule has 3 aliphatic rings. The van der Waals surface area contributed by atoms with Crippen LogP contribution in [0.4, 0.5) is 0 Å². The van der Waals surface area contributed by atoms with E-state index in [4.69, 9.17) is 24.7 Å². The normalized spacial score (nSPS) is 44.2. The van der Waals surface area contributed by atoms with E-state index in [1.54, 1.807) is 79.8 Å². The number of hydrogen-bond acceptors (Lipinski definition) is 17.